The van der Waals surface area contributed by atoms with E-state index in [9.17, 15) is 4.79 Å². The molecule has 2 N–H and O–H groups in total. The van der Waals surface area contributed by atoms with Crippen molar-refractivity contribution in [2.45, 2.75) is 26.8 Å². The number of benzene rings is 2. The summed E-state index contributed by atoms with van der Waals surface area (Å²) in [6.45, 7) is 5.82. The van der Waals surface area contributed by atoms with Crippen LogP contribution in [0.5, 0.6) is 0 Å². The molecule has 4 aromatic rings. The Kier molecular flexibility index (Phi) is 4.95. The molecule has 0 aliphatic rings. The summed E-state index contributed by atoms with van der Waals surface area (Å²) in [4.78, 5) is 17.0. The summed E-state index contributed by atoms with van der Waals surface area (Å²) < 4.78 is 5.34. The monoisotopic (exact) mass is 387 g/mol. The van der Waals surface area contributed by atoms with Crippen LogP contribution in [-0.4, -0.2) is 26.2 Å². The normalized spacial score (nSPS) is 12.0. The number of nitrogens with one attached hydrogen (secondary N) is 2. The second-order valence-corrected chi connectivity index (χ2v) is 7.05. The largest absolute Gasteiger partial charge is 0.339 e. The van der Waals surface area contributed by atoms with Gasteiger partial charge in [-0.15, -0.1) is 0 Å². The molecule has 1 unspecified atom stereocenters. The number of aromatic nitrogens is 4. The first kappa shape index (κ1) is 18.6. The van der Waals surface area contributed by atoms with Gasteiger partial charge in [-0.3, -0.25) is 9.89 Å². The molecular weight excluding hydrogens is 366 g/mol. The summed E-state index contributed by atoms with van der Waals surface area (Å²) in [5, 5.41) is 13.9. The highest BCUT2D eigenvalue weighted by Crippen LogP contribution is 2.21. The van der Waals surface area contributed by atoms with Gasteiger partial charge in [0.25, 0.3) is 5.91 Å². The zero-order valence-corrected chi connectivity index (χ0v) is 16.4. The number of carbonyl (C=O) groups excluding carboxylic acids is 1. The quantitative estimate of drug-likeness (QED) is 0.534. The SMILES string of the molecule is Cc1ccc(-c2cc(C(=O)NC(C)c3nc(-c4cccc(C)c4)no3)[nH]n2)cc1. The van der Waals surface area contributed by atoms with Crippen LogP contribution in [0.25, 0.3) is 22.6 Å². The predicted molar refractivity (Wildman–Crippen MR) is 109 cm³/mol. The van der Waals surface area contributed by atoms with Crippen LogP contribution in [0.1, 0.15) is 40.5 Å². The van der Waals surface area contributed by atoms with Crippen molar-refractivity contribution < 1.29 is 9.32 Å². The van der Waals surface area contributed by atoms with E-state index in [2.05, 4.69) is 25.7 Å². The van der Waals surface area contributed by atoms with Gasteiger partial charge in [0.05, 0.1) is 5.69 Å². The van der Waals surface area contributed by atoms with Gasteiger partial charge in [0, 0.05) is 11.1 Å². The van der Waals surface area contributed by atoms with Crippen LogP contribution in [0.15, 0.2) is 59.1 Å². The Bertz CT molecular complexity index is 1140. The van der Waals surface area contributed by atoms with Crippen molar-refractivity contribution in [2.75, 3.05) is 0 Å². The molecule has 0 aliphatic carbocycles. The number of nitrogens with zero attached hydrogens (tertiary/aromatic N) is 3. The summed E-state index contributed by atoms with van der Waals surface area (Å²) in [6.07, 6.45) is 0. The van der Waals surface area contributed by atoms with Crippen molar-refractivity contribution in [3.05, 3.63) is 77.3 Å². The second-order valence-electron chi connectivity index (χ2n) is 7.05. The molecule has 2 aromatic heterocycles. The zero-order chi connectivity index (χ0) is 20.4. The Balaban J connectivity index is 1.45. The van der Waals surface area contributed by atoms with Crippen LogP contribution >= 0.6 is 0 Å². The molecule has 0 saturated heterocycles. The molecule has 1 atom stereocenters. The van der Waals surface area contributed by atoms with E-state index < -0.39 is 6.04 Å². The first-order valence-corrected chi connectivity index (χ1v) is 9.33. The smallest absolute Gasteiger partial charge is 0.269 e. The van der Waals surface area contributed by atoms with Gasteiger partial charge in [-0.25, -0.2) is 0 Å². The number of aromatic amines is 1. The molecule has 7 nitrogen and oxygen atoms in total. The van der Waals surface area contributed by atoms with Crippen LogP contribution in [0, 0.1) is 13.8 Å². The van der Waals surface area contributed by atoms with Gasteiger partial charge in [-0.1, -0.05) is 58.7 Å². The third-order valence-corrected chi connectivity index (χ3v) is 4.61. The Morgan fingerprint density at radius 2 is 1.83 bits per heavy atom. The van der Waals surface area contributed by atoms with Crippen molar-refractivity contribution in [2.24, 2.45) is 0 Å². The van der Waals surface area contributed by atoms with Crippen molar-refractivity contribution >= 4 is 5.91 Å². The maximum absolute atomic E-state index is 12.6. The summed E-state index contributed by atoms with van der Waals surface area (Å²) in [6, 6.07) is 17.1. The first-order chi connectivity index (χ1) is 14.0. The van der Waals surface area contributed by atoms with E-state index >= 15 is 0 Å². The average molecular weight is 387 g/mol. The van der Waals surface area contributed by atoms with E-state index in [0.717, 1.165) is 16.7 Å². The molecule has 0 spiro atoms. The number of rotatable bonds is 5. The van der Waals surface area contributed by atoms with Crippen LogP contribution in [0.4, 0.5) is 0 Å². The van der Waals surface area contributed by atoms with Crippen molar-refractivity contribution in [1.82, 2.24) is 25.7 Å². The maximum Gasteiger partial charge on any atom is 0.269 e. The molecular formula is C22H21N5O2. The minimum atomic E-state index is -0.445. The Morgan fingerprint density at radius 1 is 1.03 bits per heavy atom. The van der Waals surface area contributed by atoms with Crippen LogP contribution in [0.3, 0.4) is 0 Å². The minimum Gasteiger partial charge on any atom is -0.339 e. The minimum absolute atomic E-state index is 0.293. The van der Waals surface area contributed by atoms with Crippen molar-refractivity contribution in [3.63, 3.8) is 0 Å². The predicted octanol–water partition coefficient (Wildman–Crippen LogP) is 4.23. The Hall–Kier alpha value is -3.74. The molecule has 4 rings (SSSR count). The fourth-order valence-corrected chi connectivity index (χ4v) is 2.96. The number of hydrogen-bond acceptors (Lipinski definition) is 5. The van der Waals surface area contributed by atoms with Gasteiger partial charge in [-0.2, -0.15) is 10.1 Å². The molecule has 0 aliphatic heterocycles. The van der Waals surface area contributed by atoms with E-state index in [4.69, 9.17) is 4.52 Å². The number of aryl methyl sites for hydroxylation is 2. The molecule has 0 fully saturated rings. The van der Waals surface area contributed by atoms with Crippen LogP contribution < -0.4 is 5.32 Å². The zero-order valence-electron chi connectivity index (χ0n) is 16.4. The molecule has 146 valence electrons. The van der Waals surface area contributed by atoms with E-state index in [1.165, 1.54) is 5.56 Å². The highest BCUT2D eigenvalue weighted by molar-refractivity contribution is 5.93. The molecule has 0 radical (unpaired) electrons. The molecule has 0 saturated carbocycles. The topological polar surface area (TPSA) is 96.7 Å². The highest BCUT2D eigenvalue weighted by Gasteiger charge is 2.19. The third kappa shape index (κ3) is 4.08. The van der Waals surface area contributed by atoms with E-state index in [1.807, 2.05) is 62.4 Å². The maximum atomic E-state index is 12.6. The Morgan fingerprint density at radius 3 is 2.59 bits per heavy atom. The number of carbonyl (C=O) groups is 1. The standard InChI is InChI=1S/C22H21N5O2/c1-13-7-9-16(10-8-13)18-12-19(26-25-18)21(28)23-15(3)22-24-20(27-29-22)17-6-4-5-14(2)11-17/h4-12,15H,1-3H3,(H,23,28)(H,25,26). The van der Waals surface area contributed by atoms with Crippen LogP contribution in [0.2, 0.25) is 0 Å². The summed E-state index contributed by atoms with van der Waals surface area (Å²) >= 11 is 0. The Labute approximate surface area is 168 Å². The number of H-pyrrole nitrogens is 1. The lowest BCUT2D eigenvalue weighted by Gasteiger charge is -2.07. The van der Waals surface area contributed by atoms with Gasteiger partial charge in [0.15, 0.2) is 0 Å². The summed E-state index contributed by atoms with van der Waals surface area (Å²) in [7, 11) is 0. The van der Waals surface area contributed by atoms with Crippen molar-refractivity contribution in [3.8, 4) is 22.6 Å². The average Bonchev–Trinajstić information content (AvgIpc) is 3.39. The molecule has 2 heterocycles. The van der Waals surface area contributed by atoms with Gasteiger partial charge in [0.1, 0.15) is 11.7 Å². The van der Waals surface area contributed by atoms with Crippen molar-refractivity contribution in [1.29, 1.82) is 0 Å². The van der Waals surface area contributed by atoms with E-state index in [1.54, 1.807) is 13.0 Å². The van der Waals surface area contributed by atoms with Crippen LogP contribution in [-0.2, 0) is 0 Å². The molecule has 0 bridgehead atoms. The fraction of sp³-hybridized carbons (Fsp3) is 0.182. The first-order valence-electron chi connectivity index (χ1n) is 9.33. The molecule has 29 heavy (non-hydrogen) atoms. The fourth-order valence-electron chi connectivity index (χ4n) is 2.96. The lowest BCUT2D eigenvalue weighted by atomic mass is 10.1. The van der Waals surface area contributed by atoms with Gasteiger partial charge >= 0.3 is 0 Å². The number of hydrogen-bond donors (Lipinski definition) is 2. The number of amides is 1. The molecule has 7 heteroatoms. The summed E-state index contributed by atoms with van der Waals surface area (Å²) in [5.41, 5.74) is 5.17. The van der Waals surface area contributed by atoms with E-state index in [-0.39, 0.29) is 5.91 Å². The van der Waals surface area contributed by atoms with Gasteiger partial charge < -0.3 is 9.84 Å². The van der Waals surface area contributed by atoms with E-state index in [0.29, 0.717) is 23.1 Å². The highest BCUT2D eigenvalue weighted by atomic mass is 16.5. The second kappa shape index (κ2) is 7.71. The molecule has 2 aromatic carbocycles. The lowest BCUT2D eigenvalue weighted by molar-refractivity contribution is 0.0927. The lowest BCUT2D eigenvalue weighted by Crippen LogP contribution is -2.27. The van der Waals surface area contributed by atoms with Gasteiger partial charge in [0.2, 0.25) is 11.7 Å². The molecule has 1 amide bonds. The van der Waals surface area contributed by atoms with Gasteiger partial charge in [-0.05, 0) is 32.9 Å². The summed E-state index contributed by atoms with van der Waals surface area (Å²) in [5.74, 6) is 0.541. The third-order valence-electron chi connectivity index (χ3n) is 4.61.